The summed E-state index contributed by atoms with van der Waals surface area (Å²) in [6.07, 6.45) is 0.0497. The Morgan fingerprint density at radius 1 is 1.10 bits per heavy atom. The molecule has 0 spiro atoms. The predicted molar refractivity (Wildman–Crippen MR) is 115 cm³/mol. The van der Waals surface area contributed by atoms with Crippen LogP contribution in [0.5, 0.6) is 0 Å². The largest absolute Gasteiger partial charge is 0.480 e. The van der Waals surface area contributed by atoms with E-state index in [0.717, 1.165) is 0 Å². The fraction of sp³-hybridized carbons (Fsp3) is 0.318. The van der Waals surface area contributed by atoms with Gasteiger partial charge in [0.15, 0.2) is 0 Å². The maximum Gasteiger partial charge on any atom is 0.335 e. The zero-order chi connectivity index (χ0) is 22.9. The second-order valence-electron chi connectivity index (χ2n) is 6.64. The van der Waals surface area contributed by atoms with Gasteiger partial charge < -0.3 is 19.5 Å². The van der Waals surface area contributed by atoms with Crippen molar-refractivity contribution in [2.75, 3.05) is 13.2 Å². The highest BCUT2D eigenvalue weighted by atomic mass is 31.2. The lowest BCUT2D eigenvalue weighted by molar-refractivity contribution is -0.139. The van der Waals surface area contributed by atoms with E-state index < -0.39 is 25.5 Å². The molecule has 0 radical (unpaired) electrons. The smallest absolute Gasteiger partial charge is 0.335 e. The molecule has 0 aliphatic heterocycles. The normalized spacial score (nSPS) is 12.0. The lowest BCUT2D eigenvalue weighted by atomic mass is 10.0. The summed E-state index contributed by atoms with van der Waals surface area (Å²) in [4.78, 5) is 24.2. The fourth-order valence-electron chi connectivity index (χ4n) is 2.98. The van der Waals surface area contributed by atoms with Gasteiger partial charge in [-0.25, -0.2) is 4.79 Å². The second kappa shape index (κ2) is 11.4. The van der Waals surface area contributed by atoms with Gasteiger partial charge in [0.25, 0.3) is 5.91 Å². The number of hydrogen-bond acceptors (Lipinski definition) is 6. The molecule has 0 aliphatic rings. The number of benzene rings is 2. The van der Waals surface area contributed by atoms with Crippen molar-refractivity contribution in [3.05, 3.63) is 70.8 Å². The number of carboxylic acid groups (broad SMARTS) is 1. The first-order valence-electron chi connectivity index (χ1n) is 9.80. The van der Waals surface area contributed by atoms with Gasteiger partial charge in [0.05, 0.1) is 31.0 Å². The quantitative estimate of drug-likeness (QED) is 0.506. The molecule has 0 bridgehead atoms. The molecule has 164 valence electrons. The molecule has 0 saturated carbocycles. The Morgan fingerprint density at radius 2 is 1.71 bits per heavy atom. The van der Waals surface area contributed by atoms with E-state index in [1.165, 1.54) is 12.1 Å². The summed E-state index contributed by atoms with van der Waals surface area (Å²) >= 11 is 0. The number of nitrogens with one attached hydrogen (secondary N) is 1. The minimum Gasteiger partial charge on any atom is -0.480 e. The number of amides is 1. The minimum absolute atomic E-state index is 0.0191. The molecule has 0 fully saturated rings. The predicted octanol–water partition coefficient (Wildman–Crippen LogP) is 3.75. The molecule has 2 aromatic rings. The van der Waals surface area contributed by atoms with Gasteiger partial charge in [-0.15, -0.1) is 0 Å². The minimum atomic E-state index is -3.27. The van der Waals surface area contributed by atoms with E-state index in [2.05, 4.69) is 5.32 Å². The third-order valence-electron chi connectivity index (χ3n) is 4.41. The van der Waals surface area contributed by atoms with Gasteiger partial charge in [-0.2, -0.15) is 5.26 Å². The zero-order valence-corrected chi connectivity index (χ0v) is 18.3. The summed E-state index contributed by atoms with van der Waals surface area (Å²) < 4.78 is 23.2. The molecule has 9 heteroatoms. The van der Waals surface area contributed by atoms with Gasteiger partial charge in [0, 0.05) is 12.0 Å². The lowest BCUT2D eigenvalue weighted by Crippen LogP contribution is -2.42. The van der Waals surface area contributed by atoms with Crippen LogP contribution in [0, 0.1) is 11.3 Å². The van der Waals surface area contributed by atoms with E-state index in [1.807, 2.05) is 6.07 Å². The first kappa shape index (κ1) is 24.3. The summed E-state index contributed by atoms with van der Waals surface area (Å²) in [6.45, 7) is 3.96. The molecule has 31 heavy (non-hydrogen) atoms. The van der Waals surface area contributed by atoms with Crippen LogP contribution in [-0.4, -0.2) is 36.2 Å². The Balaban J connectivity index is 2.10. The van der Waals surface area contributed by atoms with Gasteiger partial charge >= 0.3 is 13.6 Å². The van der Waals surface area contributed by atoms with E-state index in [4.69, 9.17) is 9.05 Å². The van der Waals surface area contributed by atoms with Crippen molar-refractivity contribution in [3.8, 4) is 6.07 Å². The second-order valence-corrected chi connectivity index (χ2v) is 8.69. The SMILES string of the molecule is CCOP(=O)(Cc1ccc(C(=O)N[C@@H](Cc2ccccc2C#N)C(=O)O)cc1)OCC. The highest BCUT2D eigenvalue weighted by molar-refractivity contribution is 7.53. The molecular weight excluding hydrogens is 419 g/mol. The van der Waals surface area contributed by atoms with E-state index >= 15 is 0 Å². The first-order chi connectivity index (χ1) is 14.8. The molecule has 1 amide bonds. The zero-order valence-electron chi connectivity index (χ0n) is 17.4. The van der Waals surface area contributed by atoms with Crippen molar-refractivity contribution in [3.63, 3.8) is 0 Å². The Bertz CT molecular complexity index is 990. The summed E-state index contributed by atoms with van der Waals surface area (Å²) in [5.74, 6) is -1.77. The van der Waals surface area contributed by atoms with Crippen LogP contribution in [-0.2, 0) is 31.0 Å². The van der Waals surface area contributed by atoms with Crippen LogP contribution < -0.4 is 5.32 Å². The molecule has 2 rings (SSSR count). The number of carbonyl (C=O) groups is 2. The average Bonchev–Trinajstić information content (AvgIpc) is 2.74. The van der Waals surface area contributed by atoms with Crippen molar-refractivity contribution in [1.82, 2.24) is 5.32 Å². The van der Waals surface area contributed by atoms with Crippen molar-refractivity contribution >= 4 is 19.5 Å². The molecule has 0 aromatic heterocycles. The molecule has 8 nitrogen and oxygen atoms in total. The van der Waals surface area contributed by atoms with Gasteiger partial charge in [-0.3, -0.25) is 9.36 Å². The van der Waals surface area contributed by atoms with Crippen LogP contribution in [0.25, 0.3) is 0 Å². The Hall–Kier alpha value is -2.98. The van der Waals surface area contributed by atoms with Crippen LogP contribution >= 0.6 is 7.60 Å². The lowest BCUT2D eigenvalue weighted by Gasteiger charge is -2.17. The number of rotatable bonds is 11. The van der Waals surface area contributed by atoms with Gasteiger partial charge in [0.1, 0.15) is 6.04 Å². The molecule has 0 unspecified atom stereocenters. The maximum absolute atomic E-state index is 12.6. The molecule has 2 N–H and O–H groups in total. The monoisotopic (exact) mass is 444 g/mol. The highest BCUT2D eigenvalue weighted by Gasteiger charge is 2.25. The van der Waals surface area contributed by atoms with Crippen molar-refractivity contribution < 1.29 is 28.3 Å². The fourth-order valence-corrected chi connectivity index (χ4v) is 4.68. The van der Waals surface area contributed by atoms with Gasteiger partial charge in [0.2, 0.25) is 0 Å². The number of nitriles is 1. The third-order valence-corrected chi connectivity index (χ3v) is 6.46. The summed E-state index contributed by atoms with van der Waals surface area (Å²) in [7, 11) is -3.27. The Kier molecular flexibility index (Phi) is 8.95. The summed E-state index contributed by atoms with van der Waals surface area (Å²) in [6, 6.07) is 13.8. The topological polar surface area (TPSA) is 126 Å². The van der Waals surface area contributed by atoms with E-state index in [0.29, 0.717) is 16.7 Å². The van der Waals surface area contributed by atoms with Crippen LogP contribution in [0.3, 0.4) is 0 Å². The van der Waals surface area contributed by atoms with E-state index in [-0.39, 0.29) is 31.4 Å². The van der Waals surface area contributed by atoms with Gasteiger partial charge in [-0.1, -0.05) is 30.3 Å². The maximum atomic E-state index is 12.6. The molecule has 0 saturated heterocycles. The molecule has 1 atom stereocenters. The summed E-state index contributed by atoms with van der Waals surface area (Å²) in [5.41, 5.74) is 1.82. The molecular formula is C22H25N2O6P. The highest BCUT2D eigenvalue weighted by Crippen LogP contribution is 2.51. The number of aliphatic carboxylic acids is 1. The Labute approximate surface area is 181 Å². The van der Waals surface area contributed by atoms with Crippen molar-refractivity contribution in [2.45, 2.75) is 32.5 Å². The number of carbonyl (C=O) groups excluding carboxylic acids is 1. The van der Waals surface area contributed by atoms with Crippen LogP contribution in [0.15, 0.2) is 48.5 Å². The van der Waals surface area contributed by atoms with Gasteiger partial charge in [-0.05, 0) is 43.2 Å². The van der Waals surface area contributed by atoms with E-state index in [1.54, 1.807) is 50.2 Å². The first-order valence-corrected chi connectivity index (χ1v) is 11.5. The average molecular weight is 444 g/mol. The number of carboxylic acids is 1. The van der Waals surface area contributed by atoms with E-state index in [9.17, 15) is 24.5 Å². The van der Waals surface area contributed by atoms with Crippen LogP contribution in [0.1, 0.15) is 40.9 Å². The van der Waals surface area contributed by atoms with Crippen molar-refractivity contribution in [2.24, 2.45) is 0 Å². The van der Waals surface area contributed by atoms with Crippen molar-refractivity contribution in [1.29, 1.82) is 5.26 Å². The Morgan fingerprint density at radius 3 is 2.26 bits per heavy atom. The molecule has 0 heterocycles. The van der Waals surface area contributed by atoms with Crippen LogP contribution in [0.2, 0.25) is 0 Å². The number of nitrogens with zero attached hydrogens (tertiary/aromatic N) is 1. The summed E-state index contributed by atoms with van der Waals surface area (Å²) in [5, 5.41) is 21.2. The third kappa shape index (κ3) is 7.04. The standard InChI is InChI=1S/C22H25N2O6P/c1-3-29-31(28,30-4-2)15-16-9-11-17(12-10-16)21(25)24-20(22(26)27)13-18-7-5-6-8-19(18)14-23/h5-12,20H,3-4,13,15H2,1-2H3,(H,24,25)(H,26,27)/t20-/m0/s1. The molecule has 2 aromatic carbocycles. The molecule has 0 aliphatic carbocycles. The number of hydrogen-bond donors (Lipinski definition) is 2. The van der Waals surface area contributed by atoms with Crippen LogP contribution in [0.4, 0.5) is 0 Å².